The minimum Gasteiger partial charge on any atom is -0.497 e. The molecule has 0 atom stereocenters. The molecule has 0 unspecified atom stereocenters. The molecular weight excluding hydrogens is 1200 g/mol. The third-order valence-corrected chi connectivity index (χ3v) is 17.5. The molecule has 0 bridgehead atoms. The molecule has 7 aromatic rings. The highest BCUT2D eigenvalue weighted by Gasteiger charge is 2.25. The normalized spacial score (nSPS) is 15.4. The number of nitro benzene ring substituents is 1. The van der Waals surface area contributed by atoms with Crippen molar-refractivity contribution in [3.63, 3.8) is 0 Å². The summed E-state index contributed by atoms with van der Waals surface area (Å²) in [5, 5.41) is 22.3. The number of nitro groups is 1. The van der Waals surface area contributed by atoms with Crippen molar-refractivity contribution in [2.75, 3.05) is 129 Å². The third kappa shape index (κ3) is 22.8. The highest BCUT2D eigenvalue weighted by Crippen LogP contribution is 2.34. The number of nitrogen functional groups attached to an aromatic ring is 1. The number of aliphatic hydroxyl groups is 1. The Morgan fingerprint density at radius 2 is 0.863 bits per heavy atom. The molecule has 6 aliphatic rings. The lowest BCUT2D eigenvalue weighted by Crippen LogP contribution is -2.42. The zero-order valence-corrected chi connectivity index (χ0v) is 58.4. The number of aliphatic hydroxyl groups excluding tert-OH is 1. The van der Waals surface area contributed by atoms with Crippen LogP contribution in [-0.4, -0.2) is 164 Å². The van der Waals surface area contributed by atoms with Crippen LogP contribution < -0.4 is 49.9 Å². The van der Waals surface area contributed by atoms with Gasteiger partial charge in [-0.05, 0) is 244 Å². The van der Waals surface area contributed by atoms with Crippen molar-refractivity contribution in [2.45, 2.75) is 104 Å². The molecule has 0 aliphatic carbocycles. The molecule has 95 heavy (non-hydrogen) atoms. The van der Waals surface area contributed by atoms with Crippen molar-refractivity contribution in [3.8, 4) is 40.2 Å². The fourth-order valence-corrected chi connectivity index (χ4v) is 12.3. The summed E-state index contributed by atoms with van der Waals surface area (Å²) in [5.41, 5.74) is 29.6. The summed E-state index contributed by atoms with van der Waals surface area (Å²) in [4.78, 5) is 22.4. The van der Waals surface area contributed by atoms with Crippen LogP contribution in [0.5, 0.6) is 40.2 Å². The van der Waals surface area contributed by atoms with Crippen molar-refractivity contribution in [3.05, 3.63) is 204 Å². The molecule has 0 spiro atoms. The number of likely N-dealkylation sites (N-methyl/N-ethyl adjacent to an activating group) is 3. The highest BCUT2D eigenvalue weighted by molar-refractivity contribution is 5.57. The summed E-state index contributed by atoms with van der Waals surface area (Å²) in [6, 6.07) is 41.1. The molecule has 6 aliphatic heterocycles. The van der Waals surface area contributed by atoms with Gasteiger partial charge in [-0.15, -0.1) is 0 Å². The van der Waals surface area contributed by atoms with E-state index >= 15 is 0 Å². The summed E-state index contributed by atoms with van der Waals surface area (Å²) >= 11 is 0. The zero-order chi connectivity index (χ0) is 68.4. The van der Waals surface area contributed by atoms with E-state index in [9.17, 15) is 10.1 Å². The van der Waals surface area contributed by atoms with Crippen LogP contribution in [0.2, 0.25) is 0 Å². The van der Waals surface area contributed by atoms with Gasteiger partial charge in [-0.2, -0.15) is 0 Å². The summed E-state index contributed by atoms with van der Waals surface area (Å²) in [5.74, 6) is 5.93. The monoisotopic (exact) mass is 1300 g/mol. The van der Waals surface area contributed by atoms with Crippen molar-refractivity contribution in [1.29, 1.82) is 0 Å². The maximum absolute atomic E-state index is 10.9. The fraction of sp³-hybridized carbons (Fsp3) is 0.447. The molecule has 6 N–H and O–H groups in total. The zero-order valence-electron chi connectivity index (χ0n) is 58.4. The summed E-state index contributed by atoms with van der Waals surface area (Å²) in [6.45, 7) is 17.6. The van der Waals surface area contributed by atoms with Crippen molar-refractivity contribution in [1.82, 2.24) is 29.8 Å². The van der Waals surface area contributed by atoms with Crippen LogP contribution in [0.25, 0.3) is 0 Å². The maximum Gasteiger partial charge on any atom is 0.311 e. The predicted molar refractivity (Wildman–Crippen MR) is 381 cm³/mol. The number of rotatable bonds is 12. The molecule has 6 heterocycles. The fourth-order valence-electron chi connectivity index (χ4n) is 12.3. The number of methoxy groups -OCH3 is 7. The Labute approximate surface area is 564 Å². The molecule has 19 nitrogen and oxygen atoms in total. The molecule has 13 rings (SSSR count). The predicted octanol–water partition coefficient (Wildman–Crippen LogP) is 10.5. The van der Waals surface area contributed by atoms with Crippen molar-refractivity contribution < 1.29 is 43.2 Å². The van der Waals surface area contributed by atoms with Crippen LogP contribution in [0.1, 0.15) is 86.2 Å². The van der Waals surface area contributed by atoms with Gasteiger partial charge in [-0.3, -0.25) is 19.9 Å². The first-order chi connectivity index (χ1) is 45.8. The van der Waals surface area contributed by atoms with E-state index in [2.05, 4.69) is 117 Å². The van der Waals surface area contributed by atoms with Gasteiger partial charge in [0, 0.05) is 84.2 Å². The van der Waals surface area contributed by atoms with Gasteiger partial charge in [0.25, 0.3) is 0 Å². The average Bonchev–Trinajstić information content (AvgIpc) is 0.850. The first-order valence-corrected chi connectivity index (χ1v) is 33.0. The average molecular weight is 1300 g/mol. The van der Waals surface area contributed by atoms with Crippen molar-refractivity contribution >= 4 is 11.4 Å². The number of hydrogen-bond donors (Lipinski definition) is 4. The van der Waals surface area contributed by atoms with Gasteiger partial charge in [0.05, 0.1) is 67.0 Å². The Morgan fingerprint density at radius 1 is 0.474 bits per heavy atom. The maximum atomic E-state index is 10.9. The second kappa shape index (κ2) is 37.9. The molecule has 0 saturated carbocycles. The molecule has 514 valence electrons. The lowest BCUT2D eigenvalue weighted by Gasteiger charge is -2.36. The highest BCUT2D eigenvalue weighted by atomic mass is 16.6. The van der Waals surface area contributed by atoms with Crippen LogP contribution in [0.4, 0.5) is 11.4 Å². The SMILES string of the molecule is CC(C)O.COc1cc2c(cc1N)CN(C)CC2.COc1cc2c(cc1[N+](=O)[O-])CN(C)CC2.COc1ccc2c(c1)CCN(C)C2.COc1ccc2c(c1)CCN(CN1CCc3cc(OC)ccc3C1)C2.COc1ccc2c(c1)CCNC2.COc1cccc(CCN)c1. The topological polar surface area (TPSA) is 208 Å². The molecule has 0 amide bonds. The number of hydrogen-bond acceptors (Lipinski definition) is 18. The van der Waals surface area contributed by atoms with Gasteiger partial charge in [-0.1, -0.05) is 36.4 Å². The van der Waals surface area contributed by atoms with Gasteiger partial charge >= 0.3 is 5.69 Å². The standard InChI is InChI=1S/C21H26N2O2.C11H14N2O3.C11H16N2O.C11H15NO.C10H13NO.C9H13NO.C3H8O/c1-24-20-5-3-18-13-22(9-7-16(18)11-20)15-23-10-8-17-12-21(25-2)6-4-19(17)14-23;1-12-4-3-8-6-11(16-2)10(13(14)15)5-9(8)7-12;1-13-4-3-8-6-11(14-2)10(12)5-9(8)7-13;1-12-6-5-9-7-11(13-2)4-3-10(9)8-12;1-12-10-3-2-9-7-11-5-4-8(9)6-10;1-11-9-4-2-3-8(7-9)5-6-10;1-3(2)4/h3-6,11-12H,7-10,13-15H2,1-2H3;5-6H,3-4,7H2,1-2H3;5-6H,3-4,7,12H2,1-2H3;3-4,7H,5-6,8H2,1-2H3;2-3,6,11H,4-5,7H2,1H3;2-4,7H,5-6,10H2,1H3;3-4H,1-2H3. The number of benzene rings is 7. The van der Waals surface area contributed by atoms with E-state index in [-0.39, 0.29) is 11.8 Å². The minimum absolute atomic E-state index is 0.0524. The second-order valence-electron chi connectivity index (χ2n) is 25.1. The van der Waals surface area contributed by atoms with Gasteiger partial charge in [0.2, 0.25) is 0 Å². The van der Waals surface area contributed by atoms with E-state index in [1.165, 1.54) is 68.3 Å². The first-order valence-electron chi connectivity index (χ1n) is 33.0. The molecule has 0 aromatic heterocycles. The molecule has 0 radical (unpaired) electrons. The van der Waals surface area contributed by atoms with E-state index in [0.29, 0.717) is 12.3 Å². The number of nitrogens with two attached hydrogens (primary N) is 2. The Bertz CT molecular complexity index is 3480. The van der Waals surface area contributed by atoms with E-state index in [0.717, 1.165) is 181 Å². The number of ether oxygens (including phenoxy) is 7. The van der Waals surface area contributed by atoms with E-state index in [1.54, 1.807) is 68.6 Å². The summed E-state index contributed by atoms with van der Waals surface area (Å²) < 4.78 is 36.4. The number of nitrogens with one attached hydrogen (secondary N) is 1. The first kappa shape index (κ1) is 74.4. The van der Waals surface area contributed by atoms with E-state index in [1.807, 2.05) is 43.4 Å². The molecular formula is C76H105N9O10. The second-order valence-corrected chi connectivity index (χ2v) is 25.1. The molecule has 19 heteroatoms. The van der Waals surface area contributed by atoms with E-state index in [4.69, 9.17) is 49.7 Å². The molecule has 7 aromatic carbocycles. The van der Waals surface area contributed by atoms with Gasteiger partial charge in [0.15, 0.2) is 5.75 Å². The van der Waals surface area contributed by atoms with Gasteiger partial charge < -0.3 is 69.7 Å². The van der Waals surface area contributed by atoms with Crippen LogP contribution >= 0.6 is 0 Å². The Kier molecular flexibility index (Phi) is 29.7. The van der Waals surface area contributed by atoms with Crippen LogP contribution in [-0.2, 0) is 84.2 Å². The van der Waals surface area contributed by atoms with Gasteiger partial charge in [-0.25, -0.2) is 0 Å². The number of nitrogens with zero attached hydrogens (tertiary/aromatic N) is 6. The summed E-state index contributed by atoms with van der Waals surface area (Å²) in [7, 11) is 18.0. The van der Waals surface area contributed by atoms with Crippen LogP contribution in [0.3, 0.4) is 0 Å². The number of fused-ring (bicyclic) bond motifs is 6. The van der Waals surface area contributed by atoms with Crippen LogP contribution in [0.15, 0.2) is 121 Å². The van der Waals surface area contributed by atoms with Crippen LogP contribution in [0, 0.1) is 10.1 Å². The Morgan fingerprint density at radius 3 is 1.31 bits per heavy atom. The molecule has 0 saturated heterocycles. The third-order valence-electron chi connectivity index (χ3n) is 17.5. The van der Waals surface area contributed by atoms with E-state index < -0.39 is 4.92 Å². The lowest BCUT2D eigenvalue weighted by atomic mass is 9.98. The largest absolute Gasteiger partial charge is 0.497 e. The van der Waals surface area contributed by atoms with Gasteiger partial charge in [0.1, 0.15) is 34.5 Å². The minimum atomic E-state index is -0.395. The van der Waals surface area contributed by atoms with Crippen molar-refractivity contribution in [2.24, 2.45) is 5.73 Å². The molecule has 0 fully saturated rings. The smallest absolute Gasteiger partial charge is 0.311 e. The lowest BCUT2D eigenvalue weighted by molar-refractivity contribution is -0.385. The Hall–Kier alpha value is -7.98. The Balaban J connectivity index is 0.000000163. The summed E-state index contributed by atoms with van der Waals surface area (Å²) in [6.07, 6.45) is 7.22. The quantitative estimate of drug-likeness (QED) is 0.0509. The number of anilines is 1.